The van der Waals surface area contributed by atoms with Gasteiger partial charge in [-0.3, -0.25) is 4.79 Å². The van der Waals surface area contributed by atoms with Crippen LogP contribution in [0.3, 0.4) is 0 Å². The minimum Gasteiger partial charge on any atom is -0.383 e. The van der Waals surface area contributed by atoms with Gasteiger partial charge >= 0.3 is 0 Å². The number of carbonyl (C=O) groups excluding carboxylic acids is 1. The Hall–Kier alpha value is -1.39. The molecule has 0 spiro atoms. The molecule has 1 aromatic rings. The number of hydrogen-bond donors (Lipinski definition) is 2. The molecule has 2 bridgehead atoms. The van der Waals surface area contributed by atoms with Crippen molar-refractivity contribution < 1.29 is 14.6 Å². The van der Waals surface area contributed by atoms with Crippen molar-refractivity contribution in [2.45, 2.75) is 56.3 Å². The van der Waals surface area contributed by atoms with Crippen LogP contribution in [-0.4, -0.2) is 29.8 Å². The lowest BCUT2D eigenvalue weighted by atomic mass is 9.79. The monoisotopic (exact) mass is 301 g/mol. The number of amides is 1. The number of fused-ring (bicyclic) bond motifs is 3. The molecule has 4 atom stereocenters. The van der Waals surface area contributed by atoms with E-state index in [-0.39, 0.29) is 24.0 Å². The molecule has 2 heterocycles. The zero-order chi connectivity index (χ0) is 15.2. The van der Waals surface area contributed by atoms with Gasteiger partial charge in [0.2, 0.25) is 5.91 Å². The highest BCUT2D eigenvalue weighted by atomic mass is 16.5. The van der Waals surface area contributed by atoms with Gasteiger partial charge in [-0.15, -0.1) is 0 Å². The van der Waals surface area contributed by atoms with Gasteiger partial charge in [-0.2, -0.15) is 0 Å². The van der Waals surface area contributed by atoms with Gasteiger partial charge in [0.1, 0.15) is 5.60 Å². The Kier molecular flexibility index (Phi) is 3.46. The number of aryl methyl sites for hydroxylation is 1. The maximum absolute atomic E-state index is 12.4. The number of hydrogen-bond acceptors (Lipinski definition) is 3. The highest BCUT2D eigenvalue weighted by Crippen LogP contribution is 2.39. The number of benzene rings is 1. The highest BCUT2D eigenvalue weighted by molar-refractivity contribution is 5.80. The first kappa shape index (κ1) is 14.2. The SMILES string of the molecule is O=C(NCC1(O)CCCc2ccccc21)C1CC2CCC1O2. The highest BCUT2D eigenvalue weighted by Gasteiger charge is 2.45. The molecule has 4 unspecified atom stereocenters. The lowest BCUT2D eigenvalue weighted by Crippen LogP contribution is -2.46. The third-order valence-corrected chi connectivity index (χ3v) is 5.55. The maximum Gasteiger partial charge on any atom is 0.225 e. The molecule has 0 aromatic heterocycles. The Morgan fingerprint density at radius 2 is 2.23 bits per heavy atom. The molecule has 3 aliphatic rings. The molecule has 2 aliphatic heterocycles. The fourth-order valence-electron chi connectivity index (χ4n) is 4.36. The van der Waals surface area contributed by atoms with Crippen LogP contribution in [0.1, 0.15) is 43.2 Å². The van der Waals surface area contributed by atoms with E-state index in [0.717, 1.165) is 37.7 Å². The second kappa shape index (κ2) is 5.36. The minimum absolute atomic E-state index is 0.0267. The average molecular weight is 301 g/mol. The Morgan fingerprint density at radius 3 is 3.00 bits per heavy atom. The van der Waals surface area contributed by atoms with Crippen LogP contribution in [0.25, 0.3) is 0 Å². The van der Waals surface area contributed by atoms with Crippen molar-refractivity contribution in [3.63, 3.8) is 0 Å². The van der Waals surface area contributed by atoms with Crippen molar-refractivity contribution in [3.05, 3.63) is 35.4 Å². The van der Waals surface area contributed by atoms with E-state index in [1.165, 1.54) is 5.56 Å². The van der Waals surface area contributed by atoms with Crippen LogP contribution >= 0.6 is 0 Å². The van der Waals surface area contributed by atoms with Gasteiger partial charge in [-0.25, -0.2) is 0 Å². The first-order valence-corrected chi connectivity index (χ1v) is 8.40. The summed E-state index contributed by atoms with van der Waals surface area (Å²) in [4.78, 5) is 12.4. The maximum atomic E-state index is 12.4. The van der Waals surface area contributed by atoms with Gasteiger partial charge in [0.05, 0.1) is 24.7 Å². The van der Waals surface area contributed by atoms with E-state index >= 15 is 0 Å². The Balaban J connectivity index is 1.44. The topological polar surface area (TPSA) is 58.6 Å². The van der Waals surface area contributed by atoms with Gasteiger partial charge in [0.25, 0.3) is 0 Å². The molecule has 2 saturated heterocycles. The van der Waals surface area contributed by atoms with E-state index in [4.69, 9.17) is 4.74 Å². The molecule has 2 fully saturated rings. The van der Waals surface area contributed by atoms with Gasteiger partial charge in [-0.05, 0) is 49.7 Å². The average Bonchev–Trinajstić information content (AvgIpc) is 3.16. The zero-order valence-electron chi connectivity index (χ0n) is 12.8. The third kappa shape index (κ3) is 2.34. The first-order valence-electron chi connectivity index (χ1n) is 8.40. The Morgan fingerprint density at radius 1 is 1.36 bits per heavy atom. The summed E-state index contributed by atoms with van der Waals surface area (Å²) in [5.41, 5.74) is 1.25. The van der Waals surface area contributed by atoms with Crippen LogP contribution in [0.4, 0.5) is 0 Å². The van der Waals surface area contributed by atoms with Crippen LogP contribution in [0.15, 0.2) is 24.3 Å². The zero-order valence-corrected chi connectivity index (χ0v) is 12.8. The minimum atomic E-state index is -0.928. The molecule has 1 amide bonds. The Bertz CT molecular complexity index is 587. The summed E-state index contributed by atoms with van der Waals surface area (Å²) in [6.45, 7) is 0.302. The summed E-state index contributed by atoms with van der Waals surface area (Å²) in [6, 6.07) is 8.03. The lowest BCUT2D eigenvalue weighted by Gasteiger charge is -2.35. The van der Waals surface area contributed by atoms with Gasteiger partial charge in [-0.1, -0.05) is 24.3 Å². The molecule has 4 heteroatoms. The molecule has 4 nitrogen and oxygen atoms in total. The number of nitrogens with one attached hydrogen (secondary N) is 1. The number of aliphatic hydroxyl groups is 1. The van der Waals surface area contributed by atoms with Crippen molar-refractivity contribution in [2.24, 2.45) is 5.92 Å². The van der Waals surface area contributed by atoms with E-state index in [2.05, 4.69) is 11.4 Å². The van der Waals surface area contributed by atoms with Crippen LogP contribution in [-0.2, 0) is 21.6 Å². The second-order valence-corrected chi connectivity index (χ2v) is 6.98. The third-order valence-electron chi connectivity index (χ3n) is 5.55. The molecule has 4 rings (SSSR count). The van der Waals surface area contributed by atoms with Gasteiger partial charge < -0.3 is 15.2 Å². The summed E-state index contributed by atoms with van der Waals surface area (Å²) in [7, 11) is 0. The molecule has 0 saturated carbocycles. The van der Waals surface area contributed by atoms with E-state index in [9.17, 15) is 9.90 Å². The molecule has 0 radical (unpaired) electrons. The van der Waals surface area contributed by atoms with E-state index in [0.29, 0.717) is 13.0 Å². The lowest BCUT2D eigenvalue weighted by molar-refractivity contribution is -0.128. The van der Waals surface area contributed by atoms with Crippen molar-refractivity contribution in [3.8, 4) is 0 Å². The van der Waals surface area contributed by atoms with E-state index in [1.807, 2.05) is 18.2 Å². The number of rotatable bonds is 3. The summed E-state index contributed by atoms with van der Waals surface area (Å²) in [5.74, 6) is 0.0184. The second-order valence-electron chi connectivity index (χ2n) is 6.98. The van der Waals surface area contributed by atoms with Crippen LogP contribution in [0, 0.1) is 5.92 Å². The summed E-state index contributed by atoms with van der Waals surface area (Å²) in [5, 5.41) is 14.0. The van der Waals surface area contributed by atoms with Gasteiger partial charge in [0, 0.05) is 0 Å². The molecular weight excluding hydrogens is 278 g/mol. The molecule has 2 N–H and O–H groups in total. The molecular formula is C18H23NO3. The normalized spacial score (nSPS) is 36.1. The van der Waals surface area contributed by atoms with Gasteiger partial charge in [0.15, 0.2) is 0 Å². The van der Waals surface area contributed by atoms with Crippen molar-refractivity contribution in [2.75, 3.05) is 6.54 Å². The Labute approximate surface area is 130 Å². The largest absolute Gasteiger partial charge is 0.383 e. The smallest absolute Gasteiger partial charge is 0.225 e. The predicted molar refractivity (Wildman–Crippen MR) is 82.3 cm³/mol. The summed E-state index contributed by atoms with van der Waals surface area (Å²) in [6.07, 6.45) is 5.97. The van der Waals surface area contributed by atoms with E-state index in [1.54, 1.807) is 0 Å². The van der Waals surface area contributed by atoms with Crippen molar-refractivity contribution in [1.29, 1.82) is 0 Å². The number of ether oxygens (including phenoxy) is 1. The molecule has 1 aliphatic carbocycles. The summed E-state index contributed by atoms with van der Waals surface area (Å²) >= 11 is 0. The van der Waals surface area contributed by atoms with Crippen LogP contribution in [0.2, 0.25) is 0 Å². The molecule has 118 valence electrons. The molecule has 22 heavy (non-hydrogen) atoms. The summed E-state index contributed by atoms with van der Waals surface area (Å²) < 4.78 is 5.76. The van der Waals surface area contributed by atoms with Crippen molar-refractivity contribution >= 4 is 5.91 Å². The fraction of sp³-hybridized carbons (Fsp3) is 0.611. The standard InChI is InChI=1S/C18H23NO3/c20-17(14-10-13-7-8-16(14)22-13)19-11-18(21)9-3-5-12-4-1-2-6-15(12)18/h1-2,4,6,13-14,16,21H,3,5,7-11H2,(H,19,20). The fourth-order valence-corrected chi connectivity index (χ4v) is 4.36. The molecule has 1 aromatic carbocycles. The van der Waals surface area contributed by atoms with Crippen LogP contribution < -0.4 is 5.32 Å². The first-order chi connectivity index (χ1) is 10.7. The quantitative estimate of drug-likeness (QED) is 0.896. The number of carbonyl (C=O) groups is 1. The van der Waals surface area contributed by atoms with E-state index < -0.39 is 5.60 Å². The van der Waals surface area contributed by atoms with Crippen LogP contribution in [0.5, 0.6) is 0 Å². The predicted octanol–water partition coefficient (Wildman–Crippen LogP) is 1.89. The van der Waals surface area contributed by atoms with Crippen molar-refractivity contribution in [1.82, 2.24) is 5.32 Å².